The smallest absolute Gasteiger partial charge is 0.352 e. The van der Waals surface area contributed by atoms with E-state index in [0.717, 1.165) is 10.9 Å². The highest BCUT2D eigenvalue weighted by atomic mass is 16.4. The highest BCUT2D eigenvalue weighted by molar-refractivity contribution is 5.94. The zero-order chi connectivity index (χ0) is 10.8. The summed E-state index contributed by atoms with van der Waals surface area (Å²) in [6.45, 7) is 0.196. The second kappa shape index (κ2) is 3.74. The van der Waals surface area contributed by atoms with E-state index in [1.807, 2.05) is 6.07 Å². The number of aliphatic hydroxyl groups is 1. The van der Waals surface area contributed by atoms with Crippen LogP contribution >= 0.6 is 0 Å². The Labute approximate surface area is 86.4 Å². The summed E-state index contributed by atoms with van der Waals surface area (Å²) in [5.74, 6) is -0.993. The molecular weight excluding hydrogens is 194 g/mol. The summed E-state index contributed by atoms with van der Waals surface area (Å²) in [7, 11) is 0. The minimum atomic E-state index is -0.993. The third-order valence-electron chi connectivity index (χ3n) is 2.27. The van der Waals surface area contributed by atoms with Crippen LogP contribution < -0.4 is 0 Å². The van der Waals surface area contributed by atoms with Gasteiger partial charge in [-0.05, 0) is 18.2 Å². The van der Waals surface area contributed by atoms with Crippen LogP contribution in [0, 0.1) is 6.07 Å². The average Bonchev–Trinajstić information content (AvgIpc) is 2.58. The van der Waals surface area contributed by atoms with Gasteiger partial charge in [0.1, 0.15) is 5.69 Å². The lowest BCUT2D eigenvalue weighted by atomic mass is 10.2. The number of aromatic carboxylic acids is 1. The second-order valence-electron chi connectivity index (χ2n) is 3.18. The number of carboxylic acid groups (broad SMARTS) is 1. The predicted octanol–water partition coefficient (Wildman–Crippen LogP) is 1.13. The van der Waals surface area contributed by atoms with Gasteiger partial charge in [-0.25, -0.2) is 4.79 Å². The normalized spacial score (nSPS) is 10.7. The van der Waals surface area contributed by atoms with Crippen LogP contribution in [0.15, 0.2) is 24.3 Å². The van der Waals surface area contributed by atoms with E-state index in [1.165, 1.54) is 0 Å². The van der Waals surface area contributed by atoms with Crippen molar-refractivity contribution in [2.75, 3.05) is 6.61 Å². The summed E-state index contributed by atoms with van der Waals surface area (Å²) in [5.41, 5.74) is 0.963. The molecule has 0 spiro atoms. The summed E-state index contributed by atoms with van der Waals surface area (Å²) in [4.78, 5) is 10.9. The molecule has 1 aromatic carbocycles. The van der Waals surface area contributed by atoms with E-state index in [0.29, 0.717) is 0 Å². The van der Waals surface area contributed by atoms with E-state index in [9.17, 15) is 4.79 Å². The maximum Gasteiger partial charge on any atom is 0.352 e. The lowest BCUT2D eigenvalue weighted by Gasteiger charge is -2.05. The van der Waals surface area contributed by atoms with Gasteiger partial charge in [-0.2, -0.15) is 0 Å². The number of carboxylic acids is 1. The quantitative estimate of drug-likeness (QED) is 0.787. The van der Waals surface area contributed by atoms with E-state index >= 15 is 0 Å². The van der Waals surface area contributed by atoms with Gasteiger partial charge in [-0.3, -0.25) is 0 Å². The third kappa shape index (κ3) is 1.59. The number of aromatic nitrogens is 1. The van der Waals surface area contributed by atoms with Crippen LogP contribution in [0.4, 0.5) is 0 Å². The Hall–Kier alpha value is -1.81. The van der Waals surface area contributed by atoms with Crippen molar-refractivity contribution in [1.82, 2.24) is 4.57 Å². The summed E-state index contributed by atoms with van der Waals surface area (Å²) >= 11 is 0. The van der Waals surface area contributed by atoms with Crippen molar-refractivity contribution in [3.05, 3.63) is 36.0 Å². The van der Waals surface area contributed by atoms with Crippen molar-refractivity contribution in [3.63, 3.8) is 0 Å². The first-order valence-electron chi connectivity index (χ1n) is 4.58. The van der Waals surface area contributed by atoms with Gasteiger partial charge in [-0.1, -0.05) is 12.1 Å². The molecule has 0 aliphatic heterocycles. The lowest BCUT2D eigenvalue weighted by molar-refractivity contribution is 0.0684. The fourth-order valence-electron chi connectivity index (χ4n) is 1.65. The van der Waals surface area contributed by atoms with Gasteiger partial charge in [0.2, 0.25) is 0 Å². The molecular formula is C11H10NO3. The first-order chi connectivity index (χ1) is 7.24. The van der Waals surface area contributed by atoms with Crippen LogP contribution in [0.5, 0.6) is 0 Å². The van der Waals surface area contributed by atoms with Gasteiger partial charge in [-0.15, -0.1) is 0 Å². The van der Waals surface area contributed by atoms with Crippen LogP contribution in [0.1, 0.15) is 10.5 Å². The first kappa shape index (κ1) is 9.73. The van der Waals surface area contributed by atoms with E-state index in [2.05, 4.69) is 6.07 Å². The second-order valence-corrected chi connectivity index (χ2v) is 3.18. The number of aliphatic hydroxyl groups excluding tert-OH is 1. The molecule has 0 fully saturated rings. The Morgan fingerprint density at radius 3 is 3.00 bits per heavy atom. The summed E-state index contributed by atoms with van der Waals surface area (Å²) < 4.78 is 1.58. The number of hydrogen-bond acceptors (Lipinski definition) is 2. The van der Waals surface area contributed by atoms with Crippen molar-refractivity contribution >= 4 is 16.9 Å². The third-order valence-corrected chi connectivity index (χ3v) is 2.27. The largest absolute Gasteiger partial charge is 0.477 e. The zero-order valence-electron chi connectivity index (χ0n) is 7.97. The molecule has 1 heterocycles. The molecule has 4 nitrogen and oxygen atoms in total. The molecule has 2 N–H and O–H groups in total. The highest BCUT2D eigenvalue weighted by Gasteiger charge is 2.13. The number of nitrogens with zero attached hydrogens (tertiary/aromatic N) is 1. The molecule has 1 aromatic heterocycles. The maximum atomic E-state index is 10.9. The van der Waals surface area contributed by atoms with Crippen LogP contribution in [-0.2, 0) is 6.54 Å². The van der Waals surface area contributed by atoms with E-state index in [-0.39, 0.29) is 18.8 Å². The molecule has 77 valence electrons. The molecule has 1 radical (unpaired) electrons. The summed E-state index contributed by atoms with van der Waals surface area (Å²) in [6.07, 6.45) is 0. The molecule has 0 unspecified atom stereocenters. The van der Waals surface area contributed by atoms with Gasteiger partial charge in [0.15, 0.2) is 0 Å². The zero-order valence-corrected chi connectivity index (χ0v) is 7.97. The SMILES string of the molecule is O=C(O)c1cc2[c]cccc2n1CCO. The Morgan fingerprint density at radius 1 is 1.53 bits per heavy atom. The fourth-order valence-corrected chi connectivity index (χ4v) is 1.65. The first-order valence-corrected chi connectivity index (χ1v) is 4.58. The van der Waals surface area contributed by atoms with Crippen molar-refractivity contribution in [1.29, 1.82) is 0 Å². The van der Waals surface area contributed by atoms with Crippen LogP contribution in [0.2, 0.25) is 0 Å². The lowest BCUT2D eigenvalue weighted by Crippen LogP contribution is -2.10. The summed E-state index contributed by atoms with van der Waals surface area (Å²) in [5, 5.41) is 18.6. The minimum Gasteiger partial charge on any atom is -0.477 e. The Morgan fingerprint density at radius 2 is 2.33 bits per heavy atom. The monoisotopic (exact) mass is 204 g/mol. The number of carbonyl (C=O) groups is 1. The van der Waals surface area contributed by atoms with Crippen molar-refractivity contribution < 1.29 is 15.0 Å². The molecule has 0 saturated carbocycles. The van der Waals surface area contributed by atoms with Crippen molar-refractivity contribution in [2.24, 2.45) is 0 Å². The molecule has 4 heteroatoms. The molecule has 0 aliphatic rings. The fraction of sp³-hybridized carbons (Fsp3) is 0.182. The molecule has 0 saturated heterocycles. The van der Waals surface area contributed by atoms with Crippen molar-refractivity contribution in [3.8, 4) is 0 Å². The van der Waals surface area contributed by atoms with Gasteiger partial charge in [0.05, 0.1) is 6.61 Å². The number of rotatable bonds is 3. The molecule has 15 heavy (non-hydrogen) atoms. The average molecular weight is 204 g/mol. The predicted molar refractivity (Wildman–Crippen MR) is 54.8 cm³/mol. The van der Waals surface area contributed by atoms with Crippen LogP contribution in [0.25, 0.3) is 10.9 Å². The van der Waals surface area contributed by atoms with Crippen LogP contribution in [-0.4, -0.2) is 27.4 Å². The number of benzene rings is 1. The minimum absolute atomic E-state index is 0.0844. The molecule has 0 amide bonds. The van der Waals surface area contributed by atoms with E-state index in [1.54, 1.807) is 22.8 Å². The van der Waals surface area contributed by atoms with E-state index < -0.39 is 5.97 Å². The molecule has 0 bridgehead atoms. The molecule has 0 aliphatic carbocycles. The maximum absolute atomic E-state index is 10.9. The molecule has 0 atom stereocenters. The van der Waals surface area contributed by atoms with Gasteiger partial charge < -0.3 is 14.8 Å². The topological polar surface area (TPSA) is 62.5 Å². The highest BCUT2D eigenvalue weighted by Crippen LogP contribution is 2.19. The standard InChI is InChI=1S/C11H10NO3/c13-6-5-12-9-4-2-1-3-8(9)7-10(12)11(14)15/h1-2,4,7,13H,5-6H2,(H,14,15). The number of hydrogen-bond donors (Lipinski definition) is 2. The van der Waals surface area contributed by atoms with Crippen LogP contribution in [0.3, 0.4) is 0 Å². The van der Waals surface area contributed by atoms with Gasteiger partial charge >= 0.3 is 5.97 Å². The van der Waals surface area contributed by atoms with Crippen molar-refractivity contribution in [2.45, 2.75) is 6.54 Å². The van der Waals surface area contributed by atoms with E-state index in [4.69, 9.17) is 10.2 Å². The summed E-state index contributed by atoms with van der Waals surface area (Å²) in [6, 6.07) is 9.86. The number of fused-ring (bicyclic) bond motifs is 1. The van der Waals surface area contributed by atoms with Gasteiger partial charge in [0, 0.05) is 17.4 Å². The Kier molecular flexibility index (Phi) is 2.43. The Bertz CT molecular complexity index is 502. The molecule has 2 rings (SSSR count). The Balaban J connectivity index is 2.68. The molecule has 2 aromatic rings. The van der Waals surface area contributed by atoms with Gasteiger partial charge in [0.25, 0.3) is 0 Å².